The van der Waals surface area contributed by atoms with E-state index in [0.29, 0.717) is 11.2 Å². The van der Waals surface area contributed by atoms with Crippen molar-refractivity contribution in [2.24, 2.45) is 11.3 Å². The lowest BCUT2D eigenvalue weighted by atomic mass is 10.0. The Morgan fingerprint density at radius 3 is 2.87 bits per heavy atom. The highest BCUT2D eigenvalue weighted by atomic mass is 15.0. The van der Waals surface area contributed by atoms with Crippen LogP contribution in [0.25, 0.3) is 0 Å². The number of rotatable bonds is 4. The Morgan fingerprint density at radius 1 is 1.47 bits per heavy atom. The molecule has 1 aromatic rings. The molecule has 0 spiro atoms. The Hall–Kier alpha value is -1.25. The van der Waals surface area contributed by atoms with Crippen molar-refractivity contribution in [2.75, 3.05) is 17.6 Å². The van der Waals surface area contributed by atoms with E-state index in [-0.39, 0.29) is 0 Å². The second-order valence-electron chi connectivity index (χ2n) is 4.93. The van der Waals surface area contributed by atoms with E-state index in [0.717, 1.165) is 18.2 Å². The summed E-state index contributed by atoms with van der Waals surface area (Å²) < 4.78 is 0. The molecule has 0 amide bonds. The van der Waals surface area contributed by atoms with E-state index in [9.17, 15) is 0 Å². The van der Waals surface area contributed by atoms with Gasteiger partial charge in [0.05, 0.1) is 5.69 Å². The smallest absolute Gasteiger partial charge is 0.146 e. The van der Waals surface area contributed by atoms with Gasteiger partial charge >= 0.3 is 0 Å². The number of nitrogens with one attached hydrogen (secondary N) is 1. The SMILES string of the molecule is Nc1ncccc1NCC1(C2CC2)CC1. The molecule has 1 heterocycles. The molecular weight excluding hydrogens is 186 g/mol. The first-order chi connectivity index (χ1) is 7.30. The number of anilines is 2. The molecule has 0 radical (unpaired) electrons. The van der Waals surface area contributed by atoms with Gasteiger partial charge in [0, 0.05) is 12.7 Å². The lowest BCUT2D eigenvalue weighted by Crippen LogP contribution is -2.18. The molecule has 0 unspecified atom stereocenters. The average molecular weight is 203 g/mol. The monoisotopic (exact) mass is 203 g/mol. The third-order valence-corrected chi connectivity index (χ3v) is 3.81. The van der Waals surface area contributed by atoms with Gasteiger partial charge < -0.3 is 11.1 Å². The minimum Gasteiger partial charge on any atom is -0.382 e. The number of hydrogen-bond donors (Lipinski definition) is 2. The van der Waals surface area contributed by atoms with Crippen LogP contribution in [0.1, 0.15) is 25.7 Å². The molecule has 2 fully saturated rings. The molecule has 15 heavy (non-hydrogen) atoms. The summed E-state index contributed by atoms with van der Waals surface area (Å²) in [7, 11) is 0. The van der Waals surface area contributed by atoms with Crippen molar-refractivity contribution < 1.29 is 0 Å². The highest BCUT2D eigenvalue weighted by molar-refractivity contribution is 5.61. The molecule has 1 aromatic heterocycles. The Kier molecular flexibility index (Phi) is 1.87. The zero-order chi connectivity index (χ0) is 10.3. The van der Waals surface area contributed by atoms with Crippen LogP contribution in [0.4, 0.5) is 11.5 Å². The molecule has 0 atom stereocenters. The van der Waals surface area contributed by atoms with E-state index in [2.05, 4.69) is 10.3 Å². The number of nitrogens with two attached hydrogens (primary N) is 1. The van der Waals surface area contributed by atoms with Gasteiger partial charge in [0.15, 0.2) is 0 Å². The van der Waals surface area contributed by atoms with Gasteiger partial charge in [0.1, 0.15) is 5.82 Å². The molecule has 3 heteroatoms. The van der Waals surface area contributed by atoms with Crippen LogP contribution in [0.2, 0.25) is 0 Å². The van der Waals surface area contributed by atoms with Crippen molar-refractivity contribution in [3.63, 3.8) is 0 Å². The molecule has 2 aliphatic rings. The van der Waals surface area contributed by atoms with Crippen molar-refractivity contribution in [3.05, 3.63) is 18.3 Å². The number of aromatic nitrogens is 1. The van der Waals surface area contributed by atoms with Crippen molar-refractivity contribution in [3.8, 4) is 0 Å². The zero-order valence-corrected chi connectivity index (χ0v) is 8.87. The molecule has 3 N–H and O–H groups in total. The molecule has 80 valence electrons. The molecular formula is C12H17N3. The maximum Gasteiger partial charge on any atom is 0.146 e. The number of nitrogens with zero attached hydrogens (tertiary/aromatic N) is 1. The standard InChI is InChI=1S/C12H17N3/c13-11-10(2-1-7-14-11)15-8-12(5-6-12)9-3-4-9/h1-2,7,9,15H,3-6,8H2,(H2,13,14). The van der Waals surface area contributed by atoms with Gasteiger partial charge in [-0.05, 0) is 49.1 Å². The molecule has 2 aliphatic carbocycles. The molecule has 0 bridgehead atoms. The summed E-state index contributed by atoms with van der Waals surface area (Å²) in [5, 5.41) is 3.45. The second-order valence-corrected chi connectivity index (χ2v) is 4.93. The van der Waals surface area contributed by atoms with E-state index >= 15 is 0 Å². The first-order valence-electron chi connectivity index (χ1n) is 5.75. The van der Waals surface area contributed by atoms with Crippen LogP contribution >= 0.6 is 0 Å². The first kappa shape index (κ1) is 9.01. The summed E-state index contributed by atoms with van der Waals surface area (Å²) in [5.74, 6) is 1.60. The highest BCUT2D eigenvalue weighted by Gasteiger charge is 2.53. The van der Waals surface area contributed by atoms with E-state index in [1.807, 2.05) is 12.1 Å². The Bertz CT molecular complexity index is 367. The summed E-state index contributed by atoms with van der Waals surface area (Å²) in [5.41, 5.74) is 7.39. The largest absolute Gasteiger partial charge is 0.382 e. The quantitative estimate of drug-likeness (QED) is 0.789. The van der Waals surface area contributed by atoms with Gasteiger partial charge in [-0.25, -0.2) is 4.98 Å². The van der Waals surface area contributed by atoms with Crippen molar-refractivity contribution in [1.29, 1.82) is 0 Å². The van der Waals surface area contributed by atoms with Crippen LogP contribution in [0.3, 0.4) is 0 Å². The van der Waals surface area contributed by atoms with Gasteiger partial charge in [-0.3, -0.25) is 0 Å². The van der Waals surface area contributed by atoms with Gasteiger partial charge in [0.25, 0.3) is 0 Å². The Labute approximate surface area is 90.1 Å². The topological polar surface area (TPSA) is 50.9 Å². The van der Waals surface area contributed by atoms with Gasteiger partial charge in [-0.1, -0.05) is 0 Å². The van der Waals surface area contributed by atoms with Crippen molar-refractivity contribution >= 4 is 11.5 Å². The summed E-state index contributed by atoms with van der Waals surface area (Å²) in [6.07, 6.45) is 7.39. The van der Waals surface area contributed by atoms with Crippen LogP contribution in [0.15, 0.2) is 18.3 Å². The average Bonchev–Trinajstić information content (AvgIpc) is 3.10. The van der Waals surface area contributed by atoms with Crippen molar-refractivity contribution in [2.45, 2.75) is 25.7 Å². The minimum atomic E-state index is 0.613. The predicted molar refractivity (Wildman–Crippen MR) is 61.5 cm³/mol. The molecule has 2 saturated carbocycles. The lowest BCUT2D eigenvalue weighted by Gasteiger charge is -2.16. The number of nitrogen functional groups attached to an aromatic ring is 1. The molecule has 3 rings (SSSR count). The van der Waals surface area contributed by atoms with Crippen LogP contribution < -0.4 is 11.1 Å². The Morgan fingerprint density at radius 2 is 2.27 bits per heavy atom. The Balaban J connectivity index is 1.64. The maximum atomic E-state index is 5.79. The van der Waals surface area contributed by atoms with Gasteiger partial charge in [-0.15, -0.1) is 0 Å². The van der Waals surface area contributed by atoms with Gasteiger partial charge in [-0.2, -0.15) is 0 Å². The van der Waals surface area contributed by atoms with Crippen LogP contribution in [0, 0.1) is 11.3 Å². The highest BCUT2D eigenvalue weighted by Crippen LogP contribution is 2.61. The third kappa shape index (κ3) is 1.66. The molecule has 0 aromatic carbocycles. The number of pyridine rings is 1. The van der Waals surface area contributed by atoms with E-state index in [4.69, 9.17) is 5.73 Å². The summed E-state index contributed by atoms with van der Waals surface area (Å²) >= 11 is 0. The van der Waals surface area contributed by atoms with E-state index in [1.54, 1.807) is 6.20 Å². The van der Waals surface area contributed by atoms with Gasteiger partial charge in [0.2, 0.25) is 0 Å². The summed E-state index contributed by atoms with van der Waals surface area (Å²) in [4.78, 5) is 4.08. The molecule has 0 saturated heterocycles. The summed E-state index contributed by atoms with van der Waals surface area (Å²) in [6.45, 7) is 1.08. The van der Waals surface area contributed by atoms with E-state index in [1.165, 1.54) is 25.7 Å². The van der Waals surface area contributed by atoms with Crippen LogP contribution in [-0.4, -0.2) is 11.5 Å². The second kappa shape index (κ2) is 3.12. The minimum absolute atomic E-state index is 0.613. The molecule has 3 nitrogen and oxygen atoms in total. The first-order valence-corrected chi connectivity index (χ1v) is 5.75. The van der Waals surface area contributed by atoms with Crippen LogP contribution in [0.5, 0.6) is 0 Å². The summed E-state index contributed by atoms with van der Waals surface area (Å²) in [6, 6.07) is 3.93. The van der Waals surface area contributed by atoms with E-state index < -0.39 is 0 Å². The molecule has 0 aliphatic heterocycles. The fraction of sp³-hybridized carbons (Fsp3) is 0.583. The van der Waals surface area contributed by atoms with Crippen LogP contribution in [-0.2, 0) is 0 Å². The fourth-order valence-corrected chi connectivity index (χ4v) is 2.42. The lowest BCUT2D eigenvalue weighted by molar-refractivity contribution is 0.467. The zero-order valence-electron chi connectivity index (χ0n) is 8.87. The predicted octanol–water partition coefficient (Wildman–Crippen LogP) is 2.27. The fourth-order valence-electron chi connectivity index (χ4n) is 2.42. The normalized spacial score (nSPS) is 22.4. The maximum absolute atomic E-state index is 5.79. The van der Waals surface area contributed by atoms with Crippen molar-refractivity contribution in [1.82, 2.24) is 4.98 Å². The third-order valence-electron chi connectivity index (χ3n) is 3.81. The number of hydrogen-bond acceptors (Lipinski definition) is 3.